The molecule has 32 heavy (non-hydrogen) atoms. The monoisotopic (exact) mass is 438 g/mol. The van der Waals surface area contributed by atoms with Crippen molar-refractivity contribution in [1.82, 2.24) is 5.43 Å². The summed E-state index contributed by atoms with van der Waals surface area (Å²) < 4.78 is 0. The summed E-state index contributed by atoms with van der Waals surface area (Å²) in [5.41, 5.74) is 10.1. The van der Waals surface area contributed by atoms with Crippen molar-refractivity contribution >= 4 is 35.0 Å². The van der Waals surface area contributed by atoms with Crippen molar-refractivity contribution in [1.29, 1.82) is 0 Å². The Morgan fingerprint density at radius 3 is 2.44 bits per heavy atom. The van der Waals surface area contributed by atoms with Crippen molar-refractivity contribution in [2.24, 2.45) is 10.7 Å². The molecule has 2 unspecified atom stereocenters. The molecule has 0 aromatic heterocycles. The molecule has 0 saturated heterocycles. The fourth-order valence-electron chi connectivity index (χ4n) is 3.27. The first-order valence-corrected chi connectivity index (χ1v) is 9.78. The molecule has 10 heteroatoms. The molecule has 166 valence electrons. The predicted octanol–water partition coefficient (Wildman–Crippen LogP) is -0.647. The minimum atomic E-state index is -1.12. The van der Waals surface area contributed by atoms with Crippen LogP contribution in [0.3, 0.4) is 0 Å². The number of hydrogen-bond donors (Lipinski definition) is 4. The maximum absolute atomic E-state index is 11.7. The highest BCUT2D eigenvalue weighted by molar-refractivity contribution is 6.15. The summed E-state index contributed by atoms with van der Waals surface area (Å²) in [6, 6.07) is 12.5. The van der Waals surface area contributed by atoms with Crippen LogP contribution in [0.25, 0.3) is 5.57 Å². The van der Waals surface area contributed by atoms with Gasteiger partial charge in [-0.2, -0.15) is 0 Å². The number of rotatable bonds is 6. The van der Waals surface area contributed by atoms with Crippen LogP contribution in [0.4, 0.5) is 5.69 Å². The summed E-state index contributed by atoms with van der Waals surface area (Å²) in [6.45, 7) is 1.50. The second kappa shape index (κ2) is 9.50. The van der Waals surface area contributed by atoms with Crippen LogP contribution < -0.4 is 26.7 Å². The highest BCUT2D eigenvalue weighted by atomic mass is 16.4. The zero-order valence-corrected chi connectivity index (χ0v) is 17.2. The van der Waals surface area contributed by atoms with E-state index in [9.17, 15) is 19.2 Å². The molecule has 2 aliphatic heterocycles. The van der Waals surface area contributed by atoms with E-state index in [2.05, 4.69) is 10.4 Å². The smallest absolute Gasteiger partial charge is 0.322 e. The Balaban J connectivity index is 0.000000181. The lowest BCUT2D eigenvalue weighted by Crippen LogP contribution is -2.48. The van der Waals surface area contributed by atoms with Gasteiger partial charge in [-0.3, -0.25) is 19.2 Å². The first-order valence-electron chi connectivity index (χ1n) is 9.78. The Morgan fingerprint density at radius 2 is 1.75 bits per heavy atom. The summed E-state index contributed by atoms with van der Waals surface area (Å²) in [6.07, 6.45) is 0.324. The van der Waals surface area contributed by atoms with E-state index in [-0.39, 0.29) is 12.3 Å². The summed E-state index contributed by atoms with van der Waals surface area (Å²) in [4.78, 5) is 48.3. The fourth-order valence-corrected chi connectivity index (χ4v) is 3.27. The second-order valence-corrected chi connectivity index (χ2v) is 7.29. The number of carboxylic acid groups (broad SMARTS) is 2. The van der Waals surface area contributed by atoms with Gasteiger partial charge in [-0.1, -0.05) is 36.4 Å². The number of benzene rings is 2. The molecule has 0 radical (unpaired) electrons. The maximum Gasteiger partial charge on any atom is 0.322 e. The molecule has 2 aromatic carbocycles. The number of anilines is 1. The molecule has 5 N–H and O–H groups in total. The highest BCUT2D eigenvalue weighted by Crippen LogP contribution is 2.26. The molecule has 0 bridgehead atoms. The van der Waals surface area contributed by atoms with Crippen LogP contribution in [0.15, 0.2) is 53.5 Å². The average Bonchev–Trinajstić information content (AvgIpc) is 3.24. The molecule has 0 aliphatic carbocycles. The molecule has 2 amide bonds. The van der Waals surface area contributed by atoms with Crippen LogP contribution in [0.1, 0.15) is 18.9 Å². The molecule has 2 aliphatic rings. The van der Waals surface area contributed by atoms with Gasteiger partial charge < -0.3 is 15.9 Å². The molecule has 2 aromatic rings. The summed E-state index contributed by atoms with van der Waals surface area (Å²) in [5, 5.41) is 20.1. The van der Waals surface area contributed by atoms with Crippen LogP contribution >= 0.6 is 0 Å². The summed E-state index contributed by atoms with van der Waals surface area (Å²) >= 11 is 0. The van der Waals surface area contributed by atoms with Gasteiger partial charge in [0.05, 0.1) is 17.5 Å². The molecular weight excluding hydrogens is 416 g/mol. The Hall–Kier alpha value is -3.89. The summed E-state index contributed by atoms with van der Waals surface area (Å²) in [7, 11) is 0. The van der Waals surface area contributed by atoms with E-state index >= 15 is 0 Å². The number of nitrogens with one attached hydrogen (secondary N) is 1. The number of carbonyl (C=O) groups is 4. The van der Waals surface area contributed by atoms with Gasteiger partial charge in [0.2, 0.25) is 5.91 Å². The van der Waals surface area contributed by atoms with Crippen molar-refractivity contribution < 1.29 is 29.4 Å². The van der Waals surface area contributed by atoms with E-state index in [4.69, 9.17) is 15.9 Å². The molecule has 4 rings (SSSR count). The Kier molecular flexibility index (Phi) is 6.76. The van der Waals surface area contributed by atoms with Gasteiger partial charge in [0.1, 0.15) is 12.1 Å². The Labute approximate surface area is 182 Å². The first kappa shape index (κ1) is 22.8. The highest BCUT2D eigenvalue weighted by Gasteiger charge is 2.29. The van der Waals surface area contributed by atoms with Crippen LogP contribution in [0, 0.1) is 0 Å². The van der Waals surface area contributed by atoms with E-state index < -0.39 is 29.9 Å². The van der Waals surface area contributed by atoms with E-state index in [0.717, 1.165) is 11.3 Å². The number of para-hydroxylation sites is 2. The number of fused-ring (bicyclic) bond motifs is 2. The van der Waals surface area contributed by atoms with Crippen LogP contribution in [0.5, 0.6) is 0 Å². The zero-order valence-electron chi connectivity index (χ0n) is 17.2. The molecule has 2 atom stereocenters. The van der Waals surface area contributed by atoms with E-state index in [1.54, 1.807) is 30.3 Å². The number of nitrogens with zero attached hydrogens (tertiary/aromatic N) is 2. The average molecular weight is 438 g/mol. The number of hydrazine groups is 1. The third kappa shape index (κ3) is 4.88. The molecule has 2 heterocycles. The van der Waals surface area contributed by atoms with E-state index in [0.29, 0.717) is 22.6 Å². The molecular formula is C22H22N4O6. The van der Waals surface area contributed by atoms with Gasteiger partial charge in [-0.25, -0.2) is 15.4 Å². The normalized spacial score (nSPS) is 15.8. The van der Waals surface area contributed by atoms with Gasteiger partial charge in [0, 0.05) is 17.2 Å². The van der Waals surface area contributed by atoms with Gasteiger partial charge >= 0.3 is 11.9 Å². The Bertz CT molecular complexity index is 1210. The lowest BCUT2D eigenvalue weighted by molar-refractivity contribution is -0.139. The van der Waals surface area contributed by atoms with Gasteiger partial charge in [-0.05, 0) is 24.6 Å². The third-order valence-corrected chi connectivity index (χ3v) is 4.97. The first-order chi connectivity index (χ1) is 15.2. The van der Waals surface area contributed by atoms with Crippen molar-refractivity contribution in [3.63, 3.8) is 0 Å². The largest absolute Gasteiger partial charge is 0.480 e. The number of nitrogens with two attached hydrogens (primary N) is 1. The van der Waals surface area contributed by atoms with Crippen molar-refractivity contribution in [3.05, 3.63) is 64.7 Å². The molecule has 0 saturated carbocycles. The SMILES string of the molecule is CC(NN1C(=O)Cc2ccccc21)C(=O)O.NC(CC1=c2ccccc2=NC1=O)C(=O)O. The van der Waals surface area contributed by atoms with E-state index in [1.165, 1.54) is 11.9 Å². The zero-order chi connectivity index (χ0) is 23.4. The summed E-state index contributed by atoms with van der Waals surface area (Å²) in [5.74, 6) is -2.63. The number of carboxylic acids is 2. The van der Waals surface area contributed by atoms with Gasteiger partial charge in [-0.15, -0.1) is 0 Å². The van der Waals surface area contributed by atoms with Gasteiger partial charge in [0.25, 0.3) is 5.91 Å². The number of carbonyl (C=O) groups excluding carboxylic acids is 2. The molecule has 0 spiro atoms. The number of amides is 2. The Morgan fingerprint density at radius 1 is 1.09 bits per heavy atom. The quantitative estimate of drug-likeness (QED) is 0.462. The van der Waals surface area contributed by atoms with Crippen molar-refractivity contribution in [3.8, 4) is 0 Å². The lowest BCUT2D eigenvalue weighted by Gasteiger charge is -2.21. The third-order valence-electron chi connectivity index (χ3n) is 4.97. The van der Waals surface area contributed by atoms with Gasteiger partial charge in [0.15, 0.2) is 0 Å². The second-order valence-electron chi connectivity index (χ2n) is 7.29. The molecule has 10 nitrogen and oxygen atoms in total. The van der Waals surface area contributed by atoms with Crippen molar-refractivity contribution in [2.45, 2.75) is 31.8 Å². The van der Waals surface area contributed by atoms with E-state index in [1.807, 2.05) is 18.2 Å². The standard InChI is InChI=1S/C11H12N2O3.C11H10N2O3/c1-7(11(15)16)12-13-9-5-3-2-4-8(9)6-10(13)14;12-8(11(15)16)5-7-6-3-1-2-4-9(6)13-10(7)14/h2-5,7,12H,6H2,1H3,(H,15,16);1-4,8H,5,12H2,(H,15,16). The minimum Gasteiger partial charge on any atom is -0.480 e. The topological polar surface area (TPSA) is 162 Å². The number of aliphatic carboxylic acids is 2. The number of hydrogen-bond acceptors (Lipinski definition) is 6. The van der Waals surface area contributed by atoms with Crippen LogP contribution in [0.2, 0.25) is 0 Å². The fraction of sp³-hybridized carbons (Fsp3) is 0.227. The van der Waals surface area contributed by atoms with Crippen LogP contribution in [-0.4, -0.2) is 46.0 Å². The maximum atomic E-state index is 11.7. The minimum absolute atomic E-state index is 0.00861. The molecule has 0 fully saturated rings. The lowest BCUT2D eigenvalue weighted by atomic mass is 10.0. The predicted molar refractivity (Wildman–Crippen MR) is 114 cm³/mol. The van der Waals surface area contributed by atoms with Crippen LogP contribution in [-0.2, 0) is 25.6 Å². The van der Waals surface area contributed by atoms with Crippen molar-refractivity contribution in [2.75, 3.05) is 5.01 Å².